The van der Waals surface area contributed by atoms with Gasteiger partial charge in [-0.1, -0.05) is 92.7 Å². The lowest BCUT2D eigenvalue weighted by Gasteiger charge is -2.23. The van der Waals surface area contributed by atoms with Crippen molar-refractivity contribution in [1.29, 1.82) is 0 Å². The summed E-state index contributed by atoms with van der Waals surface area (Å²) in [4.78, 5) is 4.93. The number of hydrogen-bond donors (Lipinski definition) is 0. The van der Waals surface area contributed by atoms with Crippen LogP contribution in [-0.2, 0) is 5.41 Å². The number of benzene rings is 5. The lowest BCUT2D eigenvalue weighted by Crippen LogP contribution is -2.15. The standard InChI is InChI=1S/C34H24N2/c1-34(2)29-13-7-5-11-24(29)26-16-15-22-17-28-25-12-6-8-14-30(25)36(31(28)19-27(22)33(26)34)32-18-21-9-3-4-10-23(21)20-35-32/h3-20H,1-2H3. The zero-order valence-electron chi connectivity index (χ0n) is 20.3. The average molecular weight is 461 g/mol. The maximum atomic E-state index is 4.93. The molecular formula is C34H24N2. The molecule has 2 heteroatoms. The van der Waals surface area contributed by atoms with Crippen molar-refractivity contribution in [3.63, 3.8) is 0 Å². The molecule has 170 valence electrons. The van der Waals surface area contributed by atoms with Crippen molar-refractivity contribution in [3.05, 3.63) is 120 Å². The van der Waals surface area contributed by atoms with Crippen LogP contribution in [0.3, 0.4) is 0 Å². The number of pyridine rings is 1. The van der Waals surface area contributed by atoms with E-state index >= 15 is 0 Å². The van der Waals surface area contributed by atoms with E-state index in [1.165, 1.54) is 60.2 Å². The maximum absolute atomic E-state index is 4.93. The molecule has 0 atom stereocenters. The van der Waals surface area contributed by atoms with Crippen LogP contribution in [0, 0.1) is 0 Å². The molecule has 0 radical (unpaired) electrons. The molecule has 1 aliphatic carbocycles. The molecule has 0 unspecified atom stereocenters. The minimum absolute atomic E-state index is 0.0584. The van der Waals surface area contributed by atoms with Crippen LogP contribution in [0.25, 0.3) is 60.3 Å². The smallest absolute Gasteiger partial charge is 0.138 e. The van der Waals surface area contributed by atoms with Gasteiger partial charge in [-0.25, -0.2) is 4.98 Å². The van der Waals surface area contributed by atoms with E-state index in [-0.39, 0.29) is 5.41 Å². The van der Waals surface area contributed by atoms with Crippen molar-refractivity contribution in [2.24, 2.45) is 0 Å². The number of rotatable bonds is 1. The quantitative estimate of drug-likeness (QED) is 0.239. The molecule has 0 fully saturated rings. The van der Waals surface area contributed by atoms with Gasteiger partial charge >= 0.3 is 0 Å². The highest BCUT2D eigenvalue weighted by atomic mass is 15.1. The van der Waals surface area contributed by atoms with Crippen molar-refractivity contribution in [1.82, 2.24) is 9.55 Å². The minimum atomic E-state index is -0.0584. The lowest BCUT2D eigenvalue weighted by atomic mass is 9.80. The van der Waals surface area contributed by atoms with E-state index < -0.39 is 0 Å². The van der Waals surface area contributed by atoms with Crippen LogP contribution in [0.5, 0.6) is 0 Å². The van der Waals surface area contributed by atoms with Gasteiger partial charge in [-0.3, -0.25) is 4.57 Å². The molecule has 0 amide bonds. The van der Waals surface area contributed by atoms with E-state index in [9.17, 15) is 0 Å². The van der Waals surface area contributed by atoms with Gasteiger partial charge in [0.25, 0.3) is 0 Å². The summed E-state index contributed by atoms with van der Waals surface area (Å²) in [6, 6.07) is 37.6. The normalized spacial score (nSPS) is 14.1. The van der Waals surface area contributed by atoms with Gasteiger partial charge in [0.2, 0.25) is 0 Å². The van der Waals surface area contributed by atoms with Gasteiger partial charge in [0.1, 0.15) is 5.82 Å². The third-order valence-electron chi connectivity index (χ3n) is 8.17. The summed E-state index contributed by atoms with van der Waals surface area (Å²) in [5.41, 5.74) is 7.87. The second-order valence-corrected chi connectivity index (χ2v) is 10.5. The fourth-order valence-electron chi connectivity index (χ4n) is 6.52. The van der Waals surface area contributed by atoms with Crippen LogP contribution in [0.4, 0.5) is 0 Å². The van der Waals surface area contributed by atoms with Gasteiger partial charge in [-0.2, -0.15) is 0 Å². The Kier molecular flexibility index (Phi) is 3.76. The van der Waals surface area contributed by atoms with E-state index in [4.69, 9.17) is 4.98 Å². The highest BCUT2D eigenvalue weighted by Gasteiger charge is 2.36. The zero-order chi connectivity index (χ0) is 24.0. The Hall–Kier alpha value is -4.43. The van der Waals surface area contributed by atoms with Crippen LogP contribution < -0.4 is 0 Å². The largest absolute Gasteiger partial charge is 0.294 e. The van der Waals surface area contributed by atoms with Crippen LogP contribution in [0.2, 0.25) is 0 Å². The van der Waals surface area contributed by atoms with E-state index in [1.807, 2.05) is 6.20 Å². The number of para-hydroxylation sites is 1. The molecule has 8 rings (SSSR count). The minimum Gasteiger partial charge on any atom is -0.294 e. The summed E-state index contributed by atoms with van der Waals surface area (Å²) in [5.74, 6) is 0.953. The Balaban J connectivity index is 1.51. The molecule has 5 aromatic carbocycles. The maximum Gasteiger partial charge on any atom is 0.138 e. The fourth-order valence-corrected chi connectivity index (χ4v) is 6.52. The zero-order valence-corrected chi connectivity index (χ0v) is 20.3. The summed E-state index contributed by atoms with van der Waals surface area (Å²) in [6.45, 7) is 4.73. The first-order chi connectivity index (χ1) is 17.6. The number of hydrogen-bond acceptors (Lipinski definition) is 1. The molecule has 0 saturated heterocycles. The Morgan fingerprint density at radius 1 is 0.583 bits per heavy atom. The topological polar surface area (TPSA) is 17.8 Å². The molecule has 2 nitrogen and oxygen atoms in total. The molecular weight excluding hydrogens is 436 g/mol. The van der Waals surface area contributed by atoms with Gasteiger partial charge in [0.05, 0.1) is 11.0 Å². The lowest BCUT2D eigenvalue weighted by molar-refractivity contribution is 0.666. The molecule has 0 bridgehead atoms. The van der Waals surface area contributed by atoms with Gasteiger partial charge < -0.3 is 0 Å². The number of aromatic nitrogens is 2. The molecule has 2 aromatic heterocycles. The van der Waals surface area contributed by atoms with Gasteiger partial charge in [-0.15, -0.1) is 0 Å². The molecule has 0 spiro atoms. The highest BCUT2D eigenvalue weighted by Crippen LogP contribution is 2.51. The second kappa shape index (κ2) is 6.83. The SMILES string of the molecule is CC1(C)c2ccccc2-c2ccc3cc4c5ccccc5n(-c5cc6ccccc6cn5)c4cc3c21. The molecule has 0 aliphatic heterocycles. The number of fused-ring (bicyclic) bond motifs is 9. The molecule has 0 saturated carbocycles. The van der Waals surface area contributed by atoms with Crippen LogP contribution in [0.1, 0.15) is 25.0 Å². The fraction of sp³-hybridized carbons (Fsp3) is 0.0882. The van der Waals surface area contributed by atoms with E-state index in [0.29, 0.717) is 0 Å². The van der Waals surface area contributed by atoms with Gasteiger partial charge in [0.15, 0.2) is 0 Å². The van der Waals surface area contributed by atoms with E-state index in [1.54, 1.807) is 0 Å². The van der Waals surface area contributed by atoms with Crippen LogP contribution >= 0.6 is 0 Å². The Morgan fingerprint density at radius 2 is 1.36 bits per heavy atom. The molecule has 0 N–H and O–H groups in total. The first kappa shape index (κ1) is 19.8. The summed E-state index contributed by atoms with van der Waals surface area (Å²) >= 11 is 0. The van der Waals surface area contributed by atoms with Crippen molar-refractivity contribution in [3.8, 4) is 16.9 Å². The Labute approximate surface area is 209 Å². The predicted molar refractivity (Wildman–Crippen MR) is 151 cm³/mol. The van der Waals surface area contributed by atoms with E-state index in [0.717, 1.165) is 11.2 Å². The van der Waals surface area contributed by atoms with Crippen molar-refractivity contribution >= 4 is 43.4 Å². The highest BCUT2D eigenvalue weighted by molar-refractivity contribution is 6.15. The summed E-state index contributed by atoms with van der Waals surface area (Å²) in [7, 11) is 0. The average Bonchev–Trinajstić information content (AvgIpc) is 3.36. The van der Waals surface area contributed by atoms with Crippen molar-refractivity contribution < 1.29 is 0 Å². The van der Waals surface area contributed by atoms with Gasteiger partial charge in [0, 0.05) is 27.8 Å². The van der Waals surface area contributed by atoms with Crippen molar-refractivity contribution in [2.75, 3.05) is 0 Å². The van der Waals surface area contributed by atoms with Crippen LogP contribution in [0.15, 0.2) is 109 Å². The van der Waals surface area contributed by atoms with Gasteiger partial charge in [-0.05, 0) is 62.7 Å². The third kappa shape index (κ3) is 2.48. The molecule has 1 aliphatic rings. The third-order valence-corrected chi connectivity index (χ3v) is 8.17. The summed E-state index contributed by atoms with van der Waals surface area (Å²) < 4.78 is 2.34. The first-order valence-corrected chi connectivity index (χ1v) is 12.6. The monoisotopic (exact) mass is 460 g/mol. The Morgan fingerprint density at radius 3 is 2.28 bits per heavy atom. The summed E-state index contributed by atoms with van der Waals surface area (Å²) in [6.07, 6.45) is 1.99. The van der Waals surface area contributed by atoms with Crippen LogP contribution in [-0.4, -0.2) is 9.55 Å². The number of nitrogens with zero attached hydrogens (tertiary/aromatic N) is 2. The van der Waals surface area contributed by atoms with E-state index in [2.05, 4.69) is 122 Å². The predicted octanol–water partition coefficient (Wildman–Crippen LogP) is 8.79. The summed E-state index contributed by atoms with van der Waals surface area (Å²) in [5, 5.41) is 7.49. The van der Waals surface area contributed by atoms with Crippen molar-refractivity contribution in [2.45, 2.75) is 19.3 Å². The Bertz CT molecular complexity index is 2020. The molecule has 36 heavy (non-hydrogen) atoms. The molecule has 7 aromatic rings. The first-order valence-electron chi connectivity index (χ1n) is 12.6. The molecule has 2 heterocycles. The second-order valence-electron chi connectivity index (χ2n) is 10.5.